The van der Waals surface area contributed by atoms with Crippen LogP contribution in [0.5, 0.6) is 0 Å². The second-order valence-electron chi connectivity index (χ2n) is 11.0. The van der Waals surface area contributed by atoms with Crippen LogP contribution in [0.3, 0.4) is 0 Å². The lowest BCUT2D eigenvalue weighted by molar-refractivity contribution is -0.124. The van der Waals surface area contributed by atoms with Gasteiger partial charge < -0.3 is 26.2 Å². The molecule has 5 N–H and O–H groups in total. The van der Waals surface area contributed by atoms with Gasteiger partial charge in [-0.15, -0.1) is 0 Å². The first-order valence-electron chi connectivity index (χ1n) is 12.3. The third-order valence-corrected chi connectivity index (χ3v) is 7.70. The Bertz CT molecular complexity index is 1200. The second kappa shape index (κ2) is 10.5. The van der Waals surface area contributed by atoms with E-state index in [1.165, 1.54) is 12.1 Å². The van der Waals surface area contributed by atoms with Crippen molar-refractivity contribution in [2.45, 2.75) is 63.1 Å². The summed E-state index contributed by atoms with van der Waals surface area (Å²) in [6.07, 6.45) is -0.282. The molecular formula is C27H32Cl2FN3O4. The number of aliphatic hydroxyl groups excluding tert-OH is 2. The van der Waals surface area contributed by atoms with Gasteiger partial charge in [0.05, 0.1) is 23.8 Å². The number of amides is 2. The average molecular weight is 552 g/mol. The van der Waals surface area contributed by atoms with E-state index < -0.39 is 41.9 Å². The molecule has 7 nitrogen and oxygen atoms in total. The van der Waals surface area contributed by atoms with Crippen molar-refractivity contribution in [3.8, 4) is 0 Å². The van der Waals surface area contributed by atoms with Crippen molar-refractivity contribution < 1.29 is 24.2 Å². The van der Waals surface area contributed by atoms with Gasteiger partial charge in [-0.3, -0.25) is 9.59 Å². The summed E-state index contributed by atoms with van der Waals surface area (Å²) in [6.45, 7) is 5.83. The van der Waals surface area contributed by atoms with E-state index in [-0.39, 0.29) is 35.2 Å². The van der Waals surface area contributed by atoms with Gasteiger partial charge in [-0.25, -0.2) is 4.39 Å². The number of aliphatic hydroxyl groups is 2. The Morgan fingerprint density at radius 1 is 1.24 bits per heavy atom. The molecule has 1 unspecified atom stereocenters. The molecule has 10 heteroatoms. The van der Waals surface area contributed by atoms with Crippen molar-refractivity contribution in [3.63, 3.8) is 0 Å². The van der Waals surface area contributed by atoms with Gasteiger partial charge in [0, 0.05) is 29.2 Å². The third-order valence-electron chi connectivity index (χ3n) is 7.18. The first-order valence-corrected chi connectivity index (χ1v) is 13.0. The molecule has 5 atom stereocenters. The fraction of sp³-hybridized carbons (Fsp3) is 0.481. The van der Waals surface area contributed by atoms with Crippen LogP contribution in [0.15, 0.2) is 36.4 Å². The van der Waals surface area contributed by atoms with Gasteiger partial charge in [-0.2, -0.15) is 0 Å². The largest absolute Gasteiger partial charge is 0.394 e. The molecular weight excluding hydrogens is 520 g/mol. The summed E-state index contributed by atoms with van der Waals surface area (Å²) >= 11 is 12.4. The molecule has 0 saturated carbocycles. The monoisotopic (exact) mass is 551 g/mol. The predicted octanol–water partition coefficient (Wildman–Crippen LogP) is 3.74. The van der Waals surface area contributed by atoms with Gasteiger partial charge in [-0.1, -0.05) is 56.1 Å². The van der Waals surface area contributed by atoms with Gasteiger partial charge in [-0.05, 0) is 53.6 Å². The Labute approximate surface area is 225 Å². The van der Waals surface area contributed by atoms with E-state index in [0.717, 1.165) is 0 Å². The molecule has 0 radical (unpaired) electrons. The van der Waals surface area contributed by atoms with Gasteiger partial charge in [0.1, 0.15) is 11.2 Å². The quantitative estimate of drug-likeness (QED) is 0.360. The minimum atomic E-state index is -1.33. The molecule has 2 aliphatic heterocycles. The zero-order chi connectivity index (χ0) is 27.1. The fourth-order valence-electron chi connectivity index (χ4n) is 5.70. The van der Waals surface area contributed by atoms with E-state index in [1.807, 2.05) is 26.8 Å². The third kappa shape index (κ3) is 5.22. The molecule has 0 aromatic heterocycles. The van der Waals surface area contributed by atoms with Gasteiger partial charge in [0.15, 0.2) is 0 Å². The summed E-state index contributed by atoms with van der Waals surface area (Å²) < 4.78 is 14.9. The highest BCUT2D eigenvalue weighted by atomic mass is 35.5. The van der Waals surface area contributed by atoms with Gasteiger partial charge in [0.25, 0.3) is 0 Å². The first-order chi connectivity index (χ1) is 17.4. The molecule has 1 saturated heterocycles. The number of rotatable bonds is 7. The number of hydrogen-bond donors (Lipinski definition) is 5. The molecule has 2 aliphatic rings. The predicted molar refractivity (Wildman–Crippen MR) is 141 cm³/mol. The number of fused-ring (bicyclic) bond motifs is 2. The normalized spacial score (nSPS) is 25.7. The molecule has 1 spiro atoms. The summed E-state index contributed by atoms with van der Waals surface area (Å²) in [7, 11) is 0. The number of carbonyl (C=O) groups is 2. The number of nitrogens with one attached hydrogen (secondary N) is 3. The highest BCUT2D eigenvalue weighted by Crippen LogP contribution is 2.57. The maximum atomic E-state index is 14.9. The van der Waals surface area contributed by atoms with Crippen molar-refractivity contribution >= 4 is 40.7 Å². The molecule has 2 aromatic carbocycles. The van der Waals surface area contributed by atoms with Crippen LogP contribution in [0.4, 0.5) is 10.1 Å². The zero-order valence-electron chi connectivity index (χ0n) is 20.9. The van der Waals surface area contributed by atoms with Gasteiger partial charge in [0.2, 0.25) is 11.8 Å². The highest BCUT2D eigenvalue weighted by molar-refractivity contribution is 6.31. The zero-order valence-corrected chi connectivity index (χ0v) is 22.5. The SMILES string of the molecule is CC(C)(C)C[C@H]1N[C@@H](C(=O)NCC[C@@H](O)CO)[C@H](c2cccc(Cl)c2)C12C(=O)Nc1cc(Cl)c(F)cc12. The maximum Gasteiger partial charge on any atom is 0.237 e. The number of hydrogen-bond acceptors (Lipinski definition) is 5. The molecule has 37 heavy (non-hydrogen) atoms. The van der Waals surface area contributed by atoms with Crippen LogP contribution in [0, 0.1) is 11.2 Å². The lowest BCUT2D eigenvalue weighted by Crippen LogP contribution is -2.49. The number of carbonyl (C=O) groups excluding carboxylic acids is 2. The van der Waals surface area contributed by atoms with E-state index in [2.05, 4.69) is 16.0 Å². The molecule has 4 rings (SSSR count). The standard InChI is InChI=1S/C27H32Cl2FN3O4/c1-26(2,3)12-21-27(17-10-19(30)18(29)11-20(17)32-25(27)37)22(14-5-4-6-15(28)9-14)23(33-21)24(36)31-8-7-16(35)13-34/h4-6,9-11,16,21-23,33-35H,7-8,12-13H2,1-3H3,(H,31,36)(H,32,37)/t16-,21-,22+,23-,27?/m1/s1. The summed E-state index contributed by atoms with van der Waals surface area (Å²) in [5.41, 5.74) is -0.0573. The summed E-state index contributed by atoms with van der Waals surface area (Å²) in [5, 5.41) is 28.3. The summed E-state index contributed by atoms with van der Waals surface area (Å²) in [5.74, 6) is -2.10. The summed E-state index contributed by atoms with van der Waals surface area (Å²) in [6, 6.07) is 8.30. The minimum Gasteiger partial charge on any atom is -0.394 e. The topological polar surface area (TPSA) is 111 Å². The highest BCUT2D eigenvalue weighted by Gasteiger charge is 2.65. The van der Waals surface area contributed by atoms with Crippen molar-refractivity contribution in [2.75, 3.05) is 18.5 Å². The first kappa shape index (κ1) is 27.8. The van der Waals surface area contributed by atoms with E-state index in [4.69, 9.17) is 28.3 Å². The molecule has 200 valence electrons. The van der Waals surface area contributed by atoms with Crippen molar-refractivity contribution in [1.29, 1.82) is 0 Å². The van der Waals surface area contributed by atoms with Crippen LogP contribution in [-0.4, -0.2) is 53.4 Å². The van der Waals surface area contributed by atoms with E-state index in [0.29, 0.717) is 28.3 Å². The maximum absolute atomic E-state index is 14.9. The number of anilines is 1. The minimum absolute atomic E-state index is 0.106. The van der Waals surface area contributed by atoms with E-state index in [9.17, 15) is 19.1 Å². The average Bonchev–Trinajstić information content (AvgIpc) is 3.28. The Hall–Kier alpha value is -2.23. The Kier molecular flexibility index (Phi) is 7.89. The number of halogens is 3. The lowest BCUT2D eigenvalue weighted by atomic mass is 9.62. The smallest absolute Gasteiger partial charge is 0.237 e. The fourth-order valence-corrected chi connectivity index (χ4v) is 6.06. The van der Waals surface area contributed by atoms with Crippen LogP contribution >= 0.6 is 23.2 Å². The van der Waals surface area contributed by atoms with Crippen LogP contribution in [0.25, 0.3) is 0 Å². The van der Waals surface area contributed by atoms with E-state index >= 15 is 0 Å². The lowest BCUT2D eigenvalue weighted by Gasteiger charge is -2.37. The molecule has 1 fully saturated rings. The van der Waals surface area contributed by atoms with Crippen LogP contribution in [0.2, 0.25) is 10.0 Å². The number of benzene rings is 2. The molecule has 2 heterocycles. The molecule has 2 amide bonds. The Balaban J connectivity index is 1.89. The van der Waals surface area contributed by atoms with Crippen molar-refractivity contribution in [2.24, 2.45) is 5.41 Å². The molecule has 0 aliphatic carbocycles. The van der Waals surface area contributed by atoms with Crippen LogP contribution in [0.1, 0.15) is 50.7 Å². The Morgan fingerprint density at radius 2 is 1.97 bits per heavy atom. The Morgan fingerprint density at radius 3 is 2.62 bits per heavy atom. The van der Waals surface area contributed by atoms with Crippen molar-refractivity contribution in [3.05, 3.63) is 63.4 Å². The van der Waals surface area contributed by atoms with Crippen molar-refractivity contribution in [1.82, 2.24) is 10.6 Å². The molecule has 2 aromatic rings. The van der Waals surface area contributed by atoms with Crippen LogP contribution < -0.4 is 16.0 Å². The van der Waals surface area contributed by atoms with Gasteiger partial charge >= 0.3 is 0 Å². The second-order valence-corrected chi connectivity index (χ2v) is 11.9. The molecule has 0 bridgehead atoms. The van der Waals surface area contributed by atoms with Crippen LogP contribution in [-0.2, 0) is 15.0 Å². The van der Waals surface area contributed by atoms with E-state index in [1.54, 1.807) is 18.2 Å². The summed E-state index contributed by atoms with van der Waals surface area (Å²) in [4.78, 5) is 27.6.